The minimum atomic E-state index is -1.92. The van der Waals surface area contributed by atoms with Gasteiger partial charge in [-0.05, 0) is 125 Å². The molecule has 2 aliphatic heterocycles. The van der Waals surface area contributed by atoms with Crippen molar-refractivity contribution in [1.82, 2.24) is 9.97 Å². The molecule has 14 heteroatoms. The molecule has 4 heterocycles. The van der Waals surface area contributed by atoms with Gasteiger partial charge < -0.3 is 28.9 Å². The molecular weight excluding hydrogens is 824 g/mol. The van der Waals surface area contributed by atoms with Crippen molar-refractivity contribution in [2.75, 3.05) is 14.2 Å². The lowest BCUT2D eigenvalue weighted by molar-refractivity contribution is -0.189. The van der Waals surface area contributed by atoms with Crippen LogP contribution in [0.15, 0.2) is 43.7 Å². The molecule has 0 aromatic carbocycles. The zero-order chi connectivity index (χ0) is 38.6. The molecule has 0 radical (unpaired) electrons. The van der Waals surface area contributed by atoms with Crippen LogP contribution in [-0.4, -0.2) is 71.7 Å². The van der Waals surface area contributed by atoms with E-state index in [0.717, 1.165) is 72.1 Å². The number of halogens is 2. The number of hydrogen-bond donors (Lipinski definition) is 2. The summed E-state index contributed by atoms with van der Waals surface area (Å²) in [7, 11) is 2.14. The maximum atomic E-state index is 13.4. The normalized spacial score (nSPS) is 16.4. The number of aryl methyl sites for hydroxylation is 2. The van der Waals surface area contributed by atoms with Crippen LogP contribution in [0.3, 0.4) is 0 Å². The Hall–Kier alpha value is -4.30. The monoisotopic (exact) mass is 874 g/mol. The molecule has 2 aliphatic rings. The van der Waals surface area contributed by atoms with Crippen LogP contribution in [0.25, 0.3) is 12.2 Å². The summed E-state index contributed by atoms with van der Waals surface area (Å²) < 4.78 is 20.8. The molecule has 0 bridgehead atoms. The molecule has 4 rings (SSSR count). The van der Waals surface area contributed by atoms with Crippen molar-refractivity contribution >= 4 is 81.4 Å². The number of ether oxygens (including phenoxy) is 4. The van der Waals surface area contributed by atoms with Crippen molar-refractivity contribution in [1.29, 1.82) is 0 Å². The minimum Gasteiger partial charge on any atom is -0.466 e. The number of nitrogens with one attached hydrogen (secondary N) is 2. The van der Waals surface area contributed by atoms with Crippen LogP contribution in [-0.2, 0) is 51.0 Å². The van der Waals surface area contributed by atoms with Crippen LogP contribution in [0.2, 0.25) is 0 Å². The van der Waals surface area contributed by atoms with Gasteiger partial charge >= 0.3 is 23.9 Å². The lowest BCUT2D eigenvalue weighted by Gasteiger charge is -2.23. The maximum absolute atomic E-state index is 13.4. The molecule has 0 fully saturated rings. The van der Waals surface area contributed by atoms with Crippen LogP contribution in [0.5, 0.6) is 0 Å². The number of carbonyl (C=O) groups excluding carboxylic acids is 4. The molecule has 2 aromatic rings. The van der Waals surface area contributed by atoms with Crippen molar-refractivity contribution < 1.29 is 38.1 Å². The van der Waals surface area contributed by atoms with E-state index >= 15 is 0 Å². The summed E-state index contributed by atoms with van der Waals surface area (Å²) in [6.07, 6.45) is 1.32. The first-order valence-electron chi connectivity index (χ1n) is 17.4. The van der Waals surface area contributed by atoms with Gasteiger partial charge in [-0.15, -0.1) is 34.0 Å². The third-order valence-electron chi connectivity index (χ3n) is 9.96. The molecule has 2 aromatic heterocycles. The molecule has 294 valence electrons. The second-order valence-electron chi connectivity index (χ2n) is 13.1. The maximum Gasteiger partial charge on any atom is 0.351 e. The van der Waals surface area contributed by atoms with E-state index < -0.39 is 36.1 Å². The van der Waals surface area contributed by atoms with Crippen LogP contribution in [0, 0.1) is 27.7 Å². The van der Waals surface area contributed by atoms with Crippen molar-refractivity contribution in [3.05, 3.63) is 78.7 Å². The Bertz CT molecular complexity index is 1870. The zero-order valence-corrected chi connectivity index (χ0v) is 36.5. The van der Waals surface area contributed by atoms with Gasteiger partial charge in [0.25, 0.3) is 0 Å². The average Bonchev–Trinajstić information content (AvgIpc) is 3.73. The van der Waals surface area contributed by atoms with Crippen LogP contribution < -0.4 is 0 Å². The Morgan fingerprint density at radius 3 is 1.22 bits per heavy atom. The van der Waals surface area contributed by atoms with Gasteiger partial charge in [0.05, 0.1) is 38.5 Å². The van der Waals surface area contributed by atoms with Gasteiger partial charge in [0.15, 0.2) is 0 Å². The largest absolute Gasteiger partial charge is 0.466 e. The second-order valence-corrected chi connectivity index (χ2v) is 13.1. The van der Waals surface area contributed by atoms with E-state index in [1.165, 1.54) is 11.1 Å². The number of esters is 4. The molecule has 2 N–H and O–H groups in total. The van der Waals surface area contributed by atoms with Gasteiger partial charge in [0.1, 0.15) is 0 Å². The quantitative estimate of drug-likeness (QED) is 0.153. The number of hydrogen-bond acceptors (Lipinski definition) is 10. The fourth-order valence-electron chi connectivity index (χ4n) is 6.93. The van der Waals surface area contributed by atoms with E-state index in [2.05, 4.69) is 47.6 Å². The lowest BCUT2D eigenvalue weighted by Crippen LogP contribution is -2.47. The molecular formula is C40H52Br2N4O8. The predicted molar refractivity (Wildman–Crippen MR) is 221 cm³/mol. The summed E-state index contributed by atoms with van der Waals surface area (Å²) in [5.41, 5.74) is 14.2. The Balaban J connectivity index is 0.00000504. The highest BCUT2D eigenvalue weighted by molar-refractivity contribution is 8.93. The smallest absolute Gasteiger partial charge is 0.351 e. The van der Waals surface area contributed by atoms with Gasteiger partial charge in [-0.3, -0.25) is 19.6 Å². The van der Waals surface area contributed by atoms with E-state index in [1.54, 1.807) is 13.8 Å². The van der Waals surface area contributed by atoms with Gasteiger partial charge in [0, 0.05) is 34.2 Å². The molecule has 0 aliphatic carbocycles. The molecule has 54 heavy (non-hydrogen) atoms. The van der Waals surface area contributed by atoms with Crippen LogP contribution in [0.1, 0.15) is 99.4 Å². The summed E-state index contributed by atoms with van der Waals surface area (Å²) in [4.78, 5) is 68.8. The van der Waals surface area contributed by atoms with E-state index in [-0.39, 0.29) is 46.8 Å². The van der Waals surface area contributed by atoms with Gasteiger partial charge in [0.2, 0.25) is 12.2 Å². The van der Waals surface area contributed by atoms with Crippen molar-refractivity contribution in [2.45, 2.75) is 107 Å². The first-order valence-corrected chi connectivity index (χ1v) is 17.4. The number of nitrogens with zero attached hydrogens (tertiary/aromatic N) is 2. The van der Waals surface area contributed by atoms with Gasteiger partial charge in [-0.1, -0.05) is 13.8 Å². The van der Waals surface area contributed by atoms with Crippen LogP contribution in [0.4, 0.5) is 0 Å². The molecule has 0 saturated heterocycles. The van der Waals surface area contributed by atoms with E-state index in [0.29, 0.717) is 34.0 Å². The molecule has 2 atom stereocenters. The average molecular weight is 877 g/mol. The molecule has 0 amide bonds. The number of carbonyl (C=O) groups is 4. The number of allylic oxidation sites excluding steroid dienone is 2. The summed E-state index contributed by atoms with van der Waals surface area (Å²) in [5, 5.41) is 0. The molecule has 0 unspecified atom stereocenters. The fraction of sp³-hybridized carbons (Fsp3) is 0.450. The highest BCUT2D eigenvalue weighted by Gasteiger charge is 2.42. The standard InChI is InChI=1S/C40H50N4O8.2BrH/c1-13-27-19(3)31(41-23(27)7)17-33-21(5)29(25(9)43-33)15-35(45)51-37(39(47)49-11)38(40(48)50-12)52-36(46)16-30-22(6)34(44-26(30)10)18-32-20(4)28(14-2)24(8)42-32;;/h17-18,37-38,41-42H,13-16H2,1-12H3;2*1H/b33-17-,34-18-;;/t37-,38-;;/m1../s1. The van der Waals surface area contributed by atoms with E-state index in [4.69, 9.17) is 18.9 Å². The number of aromatic nitrogens is 2. The predicted octanol–water partition coefficient (Wildman–Crippen LogP) is 7.77. The molecule has 0 spiro atoms. The second kappa shape index (κ2) is 19.3. The summed E-state index contributed by atoms with van der Waals surface area (Å²) in [6.45, 7) is 19.6. The number of methoxy groups -OCH3 is 2. The summed E-state index contributed by atoms with van der Waals surface area (Å²) in [6, 6.07) is 0. The van der Waals surface area contributed by atoms with Crippen molar-refractivity contribution in [3.63, 3.8) is 0 Å². The SMILES string of the molecule is Br.Br.CCc1c(C)[nH]c(/C=C2\N=C(C)C(CC(=O)O[C@@H](C(=O)OC)[C@@H](OC(=O)CC3=C(C)/C(=C/c4[nH]c(C)c(CC)c4C)N=C3C)C(=O)OC)=C2C)c1C. The van der Waals surface area contributed by atoms with Gasteiger partial charge in [-0.25, -0.2) is 9.59 Å². The van der Waals surface area contributed by atoms with Crippen molar-refractivity contribution in [3.8, 4) is 0 Å². The van der Waals surface area contributed by atoms with Crippen LogP contribution >= 0.6 is 34.0 Å². The first kappa shape index (κ1) is 45.9. The number of H-pyrrole nitrogens is 2. The molecule has 12 nitrogen and oxygen atoms in total. The Labute approximate surface area is 338 Å². The highest BCUT2D eigenvalue weighted by Crippen LogP contribution is 2.33. The summed E-state index contributed by atoms with van der Waals surface area (Å²) >= 11 is 0. The number of aromatic amines is 2. The van der Waals surface area contributed by atoms with Crippen molar-refractivity contribution in [2.24, 2.45) is 9.98 Å². The topological polar surface area (TPSA) is 161 Å². The van der Waals surface area contributed by atoms with E-state index in [1.807, 2.05) is 39.8 Å². The zero-order valence-electron chi connectivity index (χ0n) is 33.1. The number of aliphatic imine (C=N–C) groups is 2. The Morgan fingerprint density at radius 1 is 0.611 bits per heavy atom. The van der Waals surface area contributed by atoms with E-state index in [9.17, 15) is 19.2 Å². The summed E-state index contributed by atoms with van der Waals surface area (Å²) in [5.74, 6) is -3.88. The first-order chi connectivity index (χ1) is 24.6. The third-order valence-corrected chi connectivity index (χ3v) is 9.96. The number of rotatable bonds is 13. The molecule has 0 saturated carbocycles. The Kier molecular flexibility index (Phi) is 16.4. The fourth-order valence-corrected chi connectivity index (χ4v) is 6.93. The highest BCUT2D eigenvalue weighted by atomic mass is 79.9. The third kappa shape index (κ3) is 9.67. The minimum absolute atomic E-state index is 0. The lowest BCUT2D eigenvalue weighted by atomic mass is 10.0. The van der Waals surface area contributed by atoms with Gasteiger partial charge in [-0.2, -0.15) is 0 Å². The Morgan fingerprint density at radius 2 is 0.944 bits per heavy atom.